The Bertz CT molecular complexity index is 425. The number of hydrogen-bond acceptors (Lipinski definition) is 4. The van der Waals surface area contributed by atoms with Crippen LogP contribution in [0.1, 0.15) is 18.5 Å². The van der Waals surface area contributed by atoms with Gasteiger partial charge in [-0.25, -0.2) is 9.97 Å². The molecule has 2 aromatic heterocycles. The van der Waals surface area contributed by atoms with Crippen molar-refractivity contribution in [3.63, 3.8) is 0 Å². The molecule has 0 aliphatic rings. The number of aromatic nitrogens is 3. The van der Waals surface area contributed by atoms with Gasteiger partial charge in [-0.15, -0.1) is 0 Å². The minimum Gasteiger partial charge on any atom is -0.339 e. The van der Waals surface area contributed by atoms with Crippen molar-refractivity contribution in [2.75, 3.05) is 0 Å². The molecule has 2 heterocycles. The Hall–Kier alpha value is -1.33. The predicted molar refractivity (Wildman–Crippen MR) is 59.6 cm³/mol. The van der Waals surface area contributed by atoms with Crippen LogP contribution in [0, 0.1) is 0 Å². The third-order valence-electron chi connectivity index (χ3n) is 1.96. The number of aromatic amines is 1. The van der Waals surface area contributed by atoms with Gasteiger partial charge in [-0.1, -0.05) is 0 Å². The van der Waals surface area contributed by atoms with E-state index < -0.39 is 0 Å². The zero-order valence-electron chi connectivity index (χ0n) is 8.34. The molecule has 0 saturated carbocycles. The van der Waals surface area contributed by atoms with Crippen LogP contribution >= 0.6 is 11.8 Å². The largest absolute Gasteiger partial charge is 0.339 e. The fraction of sp³-hybridized carbons (Fsp3) is 0.200. The van der Waals surface area contributed by atoms with Crippen LogP contribution in [-0.2, 0) is 0 Å². The highest BCUT2D eigenvalue weighted by Crippen LogP contribution is 2.23. The maximum absolute atomic E-state index is 5.80. The summed E-state index contributed by atoms with van der Waals surface area (Å²) in [5.74, 6) is 0. The molecule has 0 unspecified atom stereocenters. The normalized spacial score (nSPS) is 12.7. The lowest BCUT2D eigenvalue weighted by Gasteiger charge is -2.05. The predicted octanol–water partition coefficient (Wildman–Crippen LogP) is 1.98. The highest BCUT2D eigenvalue weighted by molar-refractivity contribution is 7.99. The smallest absolute Gasteiger partial charge is 0.171 e. The van der Waals surface area contributed by atoms with Gasteiger partial charge in [-0.2, -0.15) is 0 Å². The Morgan fingerprint density at radius 1 is 1.40 bits per heavy atom. The SMILES string of the molecule is C[C@H](N)c1ccnc(Sc2ncc[nH]2)c1. The van der Waals surface area contributed by atoms with Crippen LogP contribution in [0.25, 0.3) is 0 Å². The van der Waals surface area contributed by atoms with E-state index in [-0.39, 0.29) is 6.04 Å². The number of rotatable bonds is 3. The highest BCUT2D eigenvalue weighted by atomic mass is 32.2. The number of nitrogens with zero attached hydrogens (tertiary/aromatic N) is 2. The van der Waals surface area contributed by atoms with Crippen molar-refractivity contribution in [1.82, 2.24) is 15.0 Å². The first-order valence-corrected chi connectivity index (χ1v) is 5.46. The standard InChI is InChI=1S/C10H12N4S/c1-7(11)8-2-3-12-9(6-8)15-10-13-4-5-14-10/h2-7H,11H2,1H3,(H,13,14)/t7-/m0/s1. The molecule has 0 fully saturated rings. The summed E-state index contributed by atoms with van der Waals surface area (Å²) >= 11 is 1.49. The van der Waals surface area contributed by atoms with Crippen molar-refractivity contribution in [3.8, 4) is 0 Å². The summed E-state index contributed by atoms with van der Waals surface area (Å²) in [5, 5.41) is 1.74. The van der Waals surface area contributed by atoms with Gasteiger partial charge in [0.25, 0.3) is 0 Å². The molecule has 5 heteroatoms. The number of imidazole rings is 1. The van der Waals surface area contributed by atoms with Crippen LogP contribution in [0.15, 0.2) is 40.9 Å². The summed E-state index contributed by atoms with van der Waals surface area (Å²) in [7, 11) is 0. The van der Waals surface area contributed by atoms with E-state index in [4.69, 9.17) is 5.73 Å². The first-order chi connectivity index (χ1) is 7.25. The molecule has 0 bridgehead atoms. The fourth-order valence-electron chi connectivity index (χ4n) is 1.17. The summed E-state index contributed by atoms with van der Waals surface area (Å²) in [6.07, 6.45) is 5.28. The molecule has 0 amide bonds. The lowest BCUT2D eigenvalue weighted by molar-refractivity contribution is 0.808. The van der Waals surface area contributed by atoms with Crippen molar-refractivity contribution < 1.29 is 0 Å². The van der Waals surface area contributed by atoms with Crippen molar-refractivity contribution in [2.24, 2.45) is 5.73 Å². The van der Waals surface area contributed by atoms with Crippen molar-refractivity contribution in [3.05, 3.63) is 36.3 Å². The summed E-state index contributed by atoms with van der Waals surface area (Å²) < 4.78 is 0. The molecular weight excluding hydrogens is 208 g/mol. The van der Waals surface area contributed by atoms with Gasteiger partial charge in [0.15, 0.2) is 5.16 Å². The van der Waals surface area contributed by atoms with Gasteiger partial charge >= 0.3 is 0 Å². The Kier molecular flexibility index (Phi) is 3.03. The van der Waals surface area contributed by atoms with E-state index in [9.17, 15) is 0 Å². The molecule has 0 spiro atoms. The number of nitrogens with two attached hydrogens (primary N) is 1. The summed E-state index contributed by atoms with van der Waals surface area (Å²) in [6, 6.07) is 3.94. The van der Waals surface area contributed by atoms with E-state index in [2.05, 4.69) is 15.0 Å². The second-order valence-electron chi connectivity index (χ2n) is 3.21. The van der Waals surface area contributed by atoms with E-state index in [1.54, 1.807) is 18.6 Å². The van der Waals surface area contributed by atoms with Gasteiger partial charge in [0.05, 0.1) is 0 Å². The minimum absolute atomic E-state index is 0.0314. The van der Waals surface area contributed by atoms with Crippen LogP contribution < -0.4 is 5.73 Å². The average molecular weight is 220 g/mol. The van der Waals surface area contributed by atoms with Gasteiger partial charge in [0, 0.05) is 24.6 Å². The molecule has 3 N–H and O–H groups in total. The lowest BCUT2D eigenvalue weighted by Crippen LogP contribution is -2.04. The topological polar surface area (TPSA) is 67.6 Å². The Morgan fingerprint density at radius 3 is 2.93 bits per heavy atom. The van der Waals surface area contributed by atoms with Gasteiger partial charge < -0.3 is 10.7 Å². The van der Waals surface area contributed by atoms with Crippen molar-refractivity contribution in [2.45, 2.75) is 23.1 Å². The van der Waals surface area contributed by atoms with E-state index in [1.807, 2.05) is 19.1 Å². The maximum Gasteiger partial charge on any atom is 0.171 e. The van der Waals surface area contributed by atoms with Crippen LogP contribution in [0.4, 0.5) is 0 Å². The summed E-state index contributed by atoms with van der Waals surface area (Å²) in [5.41, 5.74) is 6.88. The molecule has 2 aromatic rings. The summed E-state index contributed by atoms with van der Waals surface area (Å²) in [4.78, 5) is 11.4. The zero-order valence-corrected chi connectivity index (χ0v) is 9.16. The molecule has 1 atom stereocenters. The van der Waals surface area contributed by atoms with Gasteiger partial charge in [-0.3, -0.25) is 0 Å². The average Bonchev–Trinajstić information content (AvgIpc) is 2.71. The fourth-order valence-corrected chi connectivity index (χ4v) is 1.92. The molecular formula is C10H12N4S. The maximum atomic E-state index is 5.80. The quantitative estimate of drug-likeness (QED) is 0.830. The Balaban J connectivity index is 2.18. The number of nitrogens with one attached hydrogen (secondary N) is 1. The molecule has 2 rings (SSSR count). The third-order valence-corrected chi connectivity index (χ3v) is 2.81. The van der Waals surface area contributed by atoms with Crippen molar-refractivity contribution >= 4 is 11.8 Å². The monoisotopic (exact) mass is 220 g/mol. The summed E-state index contributed by atoms with van der Waals surface area (Å²) in [6.45, 7) is 1.96. The van der Waals surface area contributed by atoms with E-state index >= 15 is 0 Å². The third kappa shape index (κ3) is 2.57. The number of pyridine rings is 1. The van der Waals surface area contributed by atoms with Crippen LogP contribution in [0.3, 0.4) is 0 Å². The second kappa shape index (κ2) is 4.46. The van der Waals surface area contributed by atoms with Crippen LogP contribution in [0.2, 0.25) is 0 Å². The highest BCUT2D eigenvalue weighted by Gasteiger charge is 2.04. The second-order valence-corrected chi connectivity index (χ2v) is 4.22. The molecule has 0 aliphatic carbocycles. The first-order valence-electron chi connectivity index (χ1n) is 4.64. The Morgan fingerprint density at radius 2 is 2.27 bits per heavy atom. The number of H-pyrrole nitrogens is 1. The molecule has 0 radical (unpaired) electrons. The zero-order chi connectivity index (χ0) is 10.7. The van der Waals surface area contributed by atoms with Gasteiger partial charge in [0.2, 0.25) is 0 Å². The molecule has 4 nitrogen and oxygen atoms in total. The van der Waals surface area contributed by atoms with Gasteiger partial charge in [-0.05, 0) is 36.4 Å². The molecule has 15 heavy (non-hydrogen) atoms. The molecule has 0 aromatic carbocycles. The van der Waals surface area contributed by atoms with E-state index in [0.29, 0.717) is 0 Å². The molecule has 78 valence electrons. The van der Waals surface area contributed by atoms with Crippen molar-refractivity contribution in [1.29, 1.82) is 0 Å². The van der Waals surface area contributed by atoms with E-state index in [1.165, 1.54) is 11.8 Å². The minimum atomic E-state index is 0.0314. The van der Waals surface area contributed by atoms with Crippen LogP contribution in [-0.4, -0.2) is 15.0 Å². The lowest BCUT2D eigenvalue weighted by atomic mass is 10.1. The van der Waals surface area contributed by atoms with E-state index in [0.717, 1.165) is 15.7 Å². The Labute approximate surface area is 92.3 Å². The van der Waals surface area contributed by atoms with Gasteiger partial charge in [0.1, 0.15) is 5.03 Å². The molecule has 0 aliphatic heterocycles. The molecule has 0 saturated heterocycles. The number of hydrogen-bond donors (Lipinski definition) is 2. The van der Waals surface area contributed by atoms with Crippen LogP contribution in [0.5, 0.6) is 0 Å². The first kappa shape index (κ1) is 10.2.